The van der Waals surface area contributed by atoms with Crippen LogP contribution in [0.15, 0.2) is 18.2 Å². The van der Waals surface area contributed by atoms with Gasteiger partial charge in [0.15, 0.2) is 0 Å². The summed E-state index contributed by atoms with van der Waals surface area (Å²) in [6.07, 6.45) is 0. The SMILES string of the molecule is COc1ccc(C(C)(C)C)cc1C1(C(C)=O)COC1. The second-order valence-corrected chi connectivity index (χ2v) is 6.30. The van der Waals surface area contributed by atoms with E-state index < -0.39 is 5.41 Å². The van der Waals surface area contributed by atoms with Gasteiger partial charge in [-0.2, -0.15) is 0 Å². The van der Waals surface area contributed by atoms with Crippen LogP contribution in [0.2, 0.25) is 0 Å². The van der Waals surface area contributed by atoms with Crippen LogP contribution < -0.4 is 4.74 Å². The molecule has 0 radical (unpaired) electrons. The molecule has 0 spiro atoms. The van der Waals surface area contributed by atoms with E-state index in [1.165, 1.54) is 5.56 Å². The number of carbonyl (C=O) groups is 1. The van der Waals surface area contributed by atoms with E-state index in [9.17, 15) is 4.79 Å². The monoisotopic (exact) mass is 262 g/mol. The molecule has 1 heterocycles. The molecule has 3 nitrogen and oxygen atoms in total. The fourth-order valence-electron chi connectivity index (χ4n) is 2.40. The fraction of sp³-hybridized carbons (Fsp3) is 0.562. The summed E-state index contributed by atoms with van der Waals surface area (Å²) in [6.45, 7) is 9.02. The molecule has 0 unspecified atom stereocenters. The van der Waals surface area contributed by atoms with Gasteiger partial charge in [-0.1, -0.05) is 32.9 Å². The number of carbonyl (C=O) groups excluding carboxylic acids is 1. The third-order valence-corrected chi connectivity index (χ3v) is 3.95. The number of benzene rings is 1. The third-order valence-electron chi connectivity index (χ3n) is 3.95. The van der Waals surface area contributed by atoms with Crippen molar-refractivity contribution in [2.75, 3.05) is 20.3 Å². The molecule has 0 N–H and O–H groups in total. The second kappa shape index (κ2) is 4.64. The van der Waals surface area contributed by atoms with Crippen LogP contribution in [0.4, 0.5) is 0 Å². The van der Waals surface area contributed by atoms with Crippen LogP contribution in [0.25, 0.3) is 0 Å². The molecule has 0 atom stereocenters. The molecule has 19 heavy (non-hydrogen) atoms. The Labute approximate surface area is 114 Å². The molecule has 1 saturated heterocycles. The van der Waals surface area contributed by atoms with E-state index in [0.29, 0.717) is 13.2 Å². The number of hydrogen-bond donors (Lipinski definition) is 0. The molecule has 1 fully saturated rings. The van der Waals surface area contributed by atoms with Crippen molar-refractivity contribution in [3.8, 4) is 5.75 Å². The van der Waals surface area contributed by atoms with Crippen molar-refractivity contribution >= 4 is 5.78 Å². The molecule has 1 aromatic carbocycles. The highest BCUT2D eigenvalue weighted by molar-refractivity contribution is 5.90. The summed E-state index contributed by atoms with van der Waals surface area (Å²) in [5.74, 6) is 0.912. The zero-order valence-electron chi connectivity index (χ0n) is 12.4. The summed E-state index contributed by atoms with van der Waals surface area (Å²) >= 11 is 0. The second-order valence-electron chi connectivity index (χ2n) is 6.30. The zero-order valence-corrected chi connectivity index (χ0v) is 12.4. The highest BCUT2D eigenvalue weighted by atomic mass is 16.5. The third kappa shape index (κ3) is 2.27. The Morgan fingerprint density at radius 1 is 1.32 bits per heavy atom. The molecule has 0 amide bonds. The predicted molar refractivity (Wildman–Crippen MR) is 74.9 cm³/mol. The normalized spacial score (nSPS) is 17.7. The lowest BCUT2D eigenvalue weighted by molar-refractivity contribution is -0.140. The van der Waals surface area contributed by atoms with Gasteiger partial charge in [-0.05, 0) is 24.0 Å². The van der Waals surface area contributed by atoms with E-state index in [4.69, 9.17) is 9.47 Å². The van der Waals surface area contributed by atoms with E-state index in [-0.39, 0.29) is 11.2 Å². The van der Waals surface area contributed by atoms with E-state index >= 15 is 0 Å². The van der Waals surface area contributed by atoms with Gasteiger partial charge in [-0.25, -0.2) is 0 Å². The quantitative estimate of drug-likeness (QED) is 0.840. The summed E-state index contributed by atoms with van der Waals surface area (Å²) in [5.41, 5.74) is 1.69. The Kier molecular flexibility index (Phi) is 3.43. The van der Waals surface area contributed by atoms with E-state index in [0.717, 1.165) is 11.3 Å². The molecule has 3 heteroatoms. The molecule has 104 valence electrons. The summed E-state index contributed by atoms with van der Waals surface area (Å²) in [7, 11) is 1.64. The molecular weight excluding hydrogens is 240 g/mol. The zero-order chi connectivity index (χ0) is 14.3. The van der Waals surface area contributed by atoms with Gasteiger partial charge in [-0.15, -0.1) is 0 Å². The standard InChI is InChI=1S/C16H22O3/c1-11(17)16(9-19-10-16)13-8-12(15(2,3)4)6-7-14(13)18-5/h6-8H,9-10H2,1-5H3. The number of Topliss-reactive ketones (excluding diaryl/α,β-unsaturated/α-hetero) is 1. The number of ketones is 1. The molecule has 1 aliphatic rings. The van der Waals surface area contributed by atoms with Crippen molar-refractivity contribution in [2.24, 2.45) is 0 Å². The van der Waals surface area contributed by atoms with Crippen LogP contribution in [0.5, 0.6) is 5.75 Å². The van der Waals surface area contributed by atoms with E-state index in [2.05, 4.69) is 32.9 Å². The Bertz CT molecular complexity index is 493. The van der Waals surface area contributed by atoms with Gasteiger partial charge in [0, 0.05) is 5.56 Å². The van der Waals surface area contributed by atoms with Crippen LogP contribution in [0, 0.1) is 0 Å². The predicted octanol–water partition coefficient (Wildman–Crippen LogP) is 2.85. The van der Waals surface area contributed by atoms with Crippen molar-refractivity contribution in [1.82, 2.24) is 0 Å². The highest BCUT2D eigenvalue weighted by Crippen LogP contribution is 2.40. The van der Waals surface area contributed by atoms with Gasteiger partial charge in [-0.3, -0.25) is 4.79 Å². The van der Waals surface area contributed by atoms with E-state index in [1.54, 1.807) is 14.0 Å². The lowest BCUT2D eigenvalue weighted by Crippen LogP contribution is -2.52. The molecule has 0 bridgehead atoms. The van der Waals surface area contributed by atoms with Crippen LogP contribution in [-0.4, -0.2) is 26.1 Å². The molecule has 0 saturated carbocycles. The maximum Gasteiger partial charge on any atom is 0.145 e. The number of hydrogen-bond acceptors (Lipinski definition) is 3. The van der Waals surface area contributed by atoms with Crippen LogP contribution in [0.3, 0.4) is 0 Å². The minimum absolute atomic E-state index is 0.0452. The first kappa shape index (κ1) is 14.1. The average Bonchev–Trinajstić information content (AvgIpc) is 2.25. The Balaban J connectivity index is 2.57. The molecule has 0 aliphatic carbocycles. The van der Waals surface area contributed by atoms with Crippen molar-refractivity contribution in [3.05, 3.63) is 29.3 Å². The maximum atomic E-state index is 12.0. The lowest BCUT2D eigenvalue weighted by atomic mass is 9.73. The Morgan fingerprint density at radius 2 is 1.95 bits per heavy atom. The van der Waals surface area contributed by atoms with Crippen molar-refractivity contribution in [2.45, 2.75) is 38.5 Å². The van der Waals surface area contributed by atoms with Crippen LogP contribution in [-0.2, 0) is 20.4 Å². The largest absolute Gasteiger partial charge is 0.496 e. The van der Waals surface area contributed by atoms with Crippen LogP contribution in [0.1, 0.15) is 38.8 Å². The average molecular weight is 262 g/mol. The minimum Gasteiger partial charge on any atom is -0.496 e. The maximum absolute atomic E-state index is 12.0. The smallest absolute Gasteiger partial charge is 0.145 e. The van der Waals surface area contributed by atoms with Crippen molar-refractivity contribution < 1.29 is 14.3 Å². The van der Waals surface area contributed by atoms with Crippen LogP contribution >= 0.6 is 0 Å². The number of ether oxygens (including phenoxy) is 2. The van der Waals surface area contributed by atoms with Crippen molar-refractivity contribution in [1.29, 1.82) is 0 Å². The molecule has 1 aliphatic heterocycles. The fourth-order valence-corrected chi connectivity index (χ4v) is 2.40. The molecular formula is C16H22O3. The summed E-state index contributed by atoms with van der Waals surface area (Å²) in [5, 5.41) is 0. The summed E-state index contributed by atoms with van der Waals surface area (Å²) < 4.78 is 10.7. The van der Waals surface area contributed by atoms with Gasteiger partial charge in [0.05, 0.1) is 20.3 Å². The topological polar surface area (TPSA) is 35.5 Å². The minimum atomic E-state index is -0.521. The summed E-state index contributed by atoms with van der Waals surface area (Å²) in [6, 6.07) is 6.12. The lowest BCUT2D eigenvalue weighted by Gasteiger charge is -2.40. The first-order valence-electron chi connectivity index (χ1n) is 6.59. The van der Waals surface area contributed by atoms with Gasteiger partial charge < -0.3 is 9.47 Å². The highest BCUT2D eigenvalue weighted by Gasteiger charge is 2.47. The number of rotatable bonds is 3. The number of methoxy groups -OCH3 is 1. The van der Waals surface area contributed by atoms with Gasteiger partial charge in [0.2, 0.25) is 0 Å². The van der Waals surface area contributed by atoms with Gasteiger partial charge in [0.1, 0.15) is 16.9 Å². The van der Waals surface area contributed by atoms with Gasteiger partial charge in [0.25, 0.3) is 0 Å². The Morgan fingerprint density at radius 3 is 2.32 bits per heavy atom. The first-order valence-corrected chi connectivity index (χ1v) is 6.59. The molecule has 0 aromatic heterocycles. The molecule has 1 aromatic rings. The van der Waals surface area contributed by atoms with Gasteiger partial charge >= 0.3 is 0 Å². The van der Waals surface area contributed by atoms with E-state index in [1.807, 2.05) is 6.07 Å². The molecule has 2 rings (SSSR count). The van der Waals surface area contributed by atoms with Crippen molar-refractivity contribution in [3.63, 3.8) is 0 Å². The Hall–Kier alpha value is -1.35. The first-order chi connectivity index (χ1) is 8.81. The summed E-state index contributed by atoms with van der Waals surface area (Å²) in [4.78, 5) is 12.0.